The molecule has 274 valence electrons. The summed E-state index contributed by atoms with van der Waals surface area (Å²) < 4.78 is 22.4. The van der Waals surface area contributed by atoms with Crippen LogP contribution >= 0.6 is 0 Å². The van der Waals surface area contributed by atoms with Gasteiger partial charge in [-0.15, -0.1) is 0 Å². The van der Waals surface area contributed by atoms with Crippen molar-refractivity contribution >= 4 is 28.9 Å². The Bertz CT molecular complexity index is 1740. The summed E-state index contributed by atoms with van der Waals surface area (Å²) in [7, 11) is 6.26. The third-order valence-corrected chi connectivity index (χ3v) is 8.43. The molecular weight excluding hydrogens is 652 g/mol. The van der Waals surface area contributed by atoms with Crippen molar-refractivity contribution in [1.29, 1.82) is 0 Å². The van der Waals surface area contributed by atoms with Gasteiger partial charge in [0.05, 0.1) is 27.8 Å². The van der Waals surface area contributed by atoms with Gasteiger partial charge in [0.1, 0.15) is 11.6 Å². The van der Waals surface area contributed by atoms with Crippen LogP contribution in [0.1, 0.15) is 43.9 Å². The van der Waals surface area contributed by atoms with Gasteiger partial charge in [0.25, 0.3) is 0 Å². The van der Waals surface area contributed by atoms with E-state index in [0.717, 1.165) is 27.6 Å². The van der Waals surface area contributed by atoms with E-state index in [4.69, 9.17) is 18.9 Å². The number of aliphatic carboxylic acids is 1. The molecular formula is C39H50N4O8. The maximum atomic E-state index is 14.5. The highest BCUT2D eigenvalue weighted by Crippen LogP contribution is 2.38. The monoisotopic (exact) mass is 702 g/mol. The number of aromatic nitrogens is 1. The average Bonchev–Trinajstić information content (AvgIpc) is 3.50. The van der Waals surface area contributed by atoms with Crippen LogP contribution in [0.15, 0.2) is 72.9 Å². The van der Waals surface area contributed by atoms with Gasteiger partial charge in [0, 0.05) is 56.2 Å². The number of hydrogen-bond acceptors (Lipinski definition) is 8. The van der Waals surface area contributed by atoms with Gasteiger partial charge in [-0.3, -0.25) is 14.5 Å². The Labute approximate surface area is 299 Å². The number of benzene rings is 3. The minimum Gasteiger partial charge on any atom is -0.493 e. The van der Waals surface area contributed by atoms with Gasteiger partial charge in [-0.2, -0.15) is 0 Å². The summed E-state index contributed by atoms with van der Waals surface area (Å²) in [5, 5.41) is 14.1. The number of rotatable bonds is 17. The number of aromatic amines is 1. The van der Waals surface area contributed by atoms with Crippen molar-refractivity contribution in [1.82, 2.24) is 20.1 Å². The van der Waals surface area contributed by atoms with Gasteiger partial charge in [-0.05, 0) is 62.1 Å². The van der Waals surface area contributed by atoms with E-state index in [1.807, 2.05) is 60.8 Å². The van der Waals surface area contributed by atoms with Crippen LogP contribution in [0.25, 0.3) is 10.9 Å². The maximum Gasteiger partial charge on any atom is 0.411 e. The Hall–Kier alpha value is -5.23. The SMILES string of the molecule is COc1cc(CN(C)C(=O)[C@H](Cc2ccccc2)N(CCN[C@H](CC(=O)O)Cc2c[nH]c3ccccc23)C(=O)OC(C)(C)C)cc(OC)c1OC. The van der Waals surface area contributed by atoms with Crippen molar-refractivity contribution in [3.63, 3.8) is 0 Å². The number of ether oxygens (including phenoxy) is 4. The molecule has 0 unspecified atom stereocenters. The van der Waals surface area contributed by atoms with E-state index in [-0.39, 0.29) is 38.4 Å². The maximum absolute atomic E-state index is 14.5. The lowest BCUT2D eigenvalue weighted by molar-refractivity contribution is -0.137. The van der Waals surface area contributed by atoms with Crippen molar-refractivity contribution in [3.8, 4) is 17.2 Å². The normalized spacial score (nSPS) is 12.5. The molecule has 2 amide bonds. The minimum atomic E-state index is -0.943. The molecule has 0 aliphatic carbocycles. The Balaban J connectivity index is 1.62. The zero-order chi connectivity index (χ0) is 37.1. The molecule has 12 nitrogen and oxygen atoms in total. The summed E-state index contributed by atoms with van der Waals surface area (Å²) in [6.45, 7) is 5.81. The molecule has 0 bridgehead atoms. The molecule has 1 aromatic heterocycles. The molecule has 1 heterocycles. The van der Waals surface area contributed by atoms with Gasteiger partial charge < -0.3 is 39.3 Å². The summed E-state index contributed by atoms with van der Waals surface area (Å²) in [6, 6.07) is 19.5. The van der Waals surface area contributed by atoms with E-state index in [2.05, 4.69) is 10.3 Å². The summed E-state index contributed by atoms with van der Waals surface area (Å²) in [6.07, 6.45) is 1.80. The summed E-state index contributed by atoms with van der Waals surface area (Å²) in [5.41, 5.74) is 2.72. The molecule has 2 atom stereocenters. The number of fused-ring (bicyclic) bond motifs is 1. The second-order valence-electron chi connectivity index (χ2n) is 13.4. The summed E-state index contributed by atoms with van der Waals surface area (Å²) >= 11 is 0. The number of nitrogens with zero attached hydrogens (tertiary/aromatic N) is 2. The number of carboxylic acids is 1. The molecule has 0 spiro atoms. The van der Waals surface area contributed by atoms with Gasteiger partial charge >= 0.3 is 12.1 Å². The van der Waals surface area contributed by atoms with Crippen LogP contribution in [0, 0.1) is 0 Å². The Morgan fingerprint density at radius 1 is 0.882 bits per heavy atom. The van der Waals surface area contributed by atoms with Gasteiger partial charge in [0.2, 0.25) is 11.7 Å². The fourth-order valence-electron chi connectivity index (χ4n) is 6.08. The molecule has 0 saturated carbocycles. The molecule has 3 aromatic carbocycles. The Kier molecular flexibility index (Phi) is 13.3. The molecule has 0 fully saturated rings. The van der Waals surface area contributed by atoms with Gasteiger partial charge in [-0.1, -0.05) is 48.5 Å². The lowest BCUT2D eigenvalue weighted by Gasteiger charge is -2.35. The first-order valence-electron chi connectivity index (χ1n) is 16.9. The molecule has 0 radical (unpaired) electrons. The molecule has 4 rings (SSSR count). The van der Waals surface area contributed by atoms with Crippen LogP contribution in [0.4, 0.5) is 4.79 Å². The lowest BCUT2D eigenvalue weighted by Crippen LogP contribution is -2.54. The van der Waals surface area contributed by atoms with Crippen LogP contribution in [0.2, 0.25) is 0 Å². The Morgan fingerprint density at radius 2 is 1.53 bits per heavy atom. The highest BCUT2D eigenvalue weighted by atomic mass is 16.6. The average molecular weight is 703 g/mol. The second kappa shape index (κ2) is 17.6. The molecule has 3 N–H and O–H groups in total. The van der Waals surface area contributed by atoms with E-state index in [9.17, 15) is 19.5 Å². The Morgan fingerprint density at radius 3 is 2.14 bits per heavy atom. The van der Waals surface area contributed by atoms with Gasteiger partial charge in [0.15, 0.2) is 11.5 Å². The first-order valence-corrected chi connectivity index (χ1v) is 16.9. The number of hydrogen-bond donors (Lipinski definition) is 3. The highest BCUT2D eigenvalue weighted by molar-refractivity contribution is 5.86. The number of nitrogens with one attached hydrogen (secondary N) is 2. The summed E-state index contributed by atoms with van der Waals surface area (Å²) in [5.74, 6) is 0.104. The molecule has 0 saturated heterocycles. The number of carboxylic acid groups (broad SMARTS) is 1. The van der Waals surface area contributed by atoms with Crippen molar-refractivity contribution in [3.05, 3.63) is 89.6 Å². The number of carbonyl (C=O) groups excluding carboxylic acids is 2. The van der Waals surface area contributed by atoms with Crippen molar-refractivity contribution in [2.24, 2.45) is 0 Å². The summed E-state index contributed by atoms with van der Waals surface area (Å²) in [4.78, 5) is 46.5. The van der Waals surface area contributed by atoms with Crippen LogP contribution in [0.5, 0.6) is 17.2 Å². The number of carbonyl (C=O) groups is 3. The minimum absolute atomic E-state index is 0.0835. The molecule has 12 heteroatoms. The third kappa shape index (κ3) is 10.6. The first-order chi connectivity index (χ1) is 24.3. The van der Waals surface area contributed by atoms with Gasteiger partial charge in [-0.25, -0.2) is 4.79 Å². The van der Waals surface area contributed by atoms with Crippen molar-refractivity contribution < 1.29 is 38.4 Å². The topological polar surface area (TPSA) is 143 Å². The first kappa shape index (κ1) is 38.6. The second-order valence-corrected chi connectivity index (χ2v) is 13.4. The number of amides is 2. The van der Waals surface area contributed by atoms with E-state index in [1.54, 1.807) is 44.9 Å². The molecule has 51 heavy (non-hydrogen) atoms. The zero-order valence-electron chi connectivity index (χ0n) is 30.5. The van der Waals surface area contributed by atoms with E-state index < -0.39 is 29.7 Å². The number of methoxy groups -OCH3 is 3. The fourth-order valence-corrected chi connectivity index (χ4v) is 6.08. The number of likely N-dealkylation sites (N-methyl/N-ethyl adjacent to an activating group) is 1. The van der Waals surface area contributed by atoms with Crippen LogP contribution in [0.3, 0.4) is 0 Å². The van der Waals surface area contributed by atoms with Crippen LogP contribution < -0.4 is 19.5 Å². The molecule has 0 aliphatic rings. The smallest absolute Gasteiger partial charge is 0.411 e. The van der Waals surface area contributed by atoms with E-state index in [1.165, 1.54) is 26.2 Å². The highest BCUT2D eigenvalue weighted by Gasteiger charge is 2.35. The molecule has 4 aromatic rings. The fraction of sp³-hybridized carbons (Fsp3) is 0.410. The molecule has 0 aliphatic heterocycles. The van der Waals surface area contributed by atoms with Crippen LogP contribution in [-0.2, 0) is 33.7 Å². The predicted molar refractivity (Wildman–Crippen MR) is 195 cm³/mol. The number of para-hydroxylation sites is 1. The standard InChI is InChI=1S/C39H50N4O8/c1-39(2,3)51-38(47)43(18-17-40-29(23-35(44)45)22-28-24-41-31-16-12-11-15-30(28)31)32(19-26-13-9-8-10-14-26)37(46)42(4)25-27-20-33(48-5)36(50-7)34(21-27)49-6/h8-16,20-21,24,29,32,40-41H,17-19,22-23,25H2,1-7H3,(H,44,45)/t29-,32-/m0/s1. The van der Waals surface area contributed by atoms with E-state index >= 15 is 0 Å². The number of H-pyrrole nitrogens is 1. The van der Waals surface area contributed by atoms with Crippen LogP contribution in [-0.4, -0.2) is 97.0 Å². The third-order valence-electron chi connectivity index (χ3n) is 8.43. The predicted octanol–water partition coefficient (Wildman–Crippen LogP) is 5.68. The largest absolute Gasteiger partial charge is 0.493 e. The van der Waals surface area contributed by atoms with Crippen molar-refractivity contribution in [2.45, 2.75) is 64.3 Å². The zero-order valence-corrected chi connectivity index (χ0v) is 30.5. The quantitative estimate of drug-likeness (QED) is 0.127. The van der Waals surface area contributed by atoms with Crippen molar-refractivity contribution in [2.75, 3.05) is 41.5 Å². The lowest BCUT2D eigenvalue weighted by atomic mass is 10.0. The van der Waals surface area contributed by atoms with E-state index in [0.29, 0.717) is 23.7 Å².